The second kappa shape index (κ2) is 7.17. The van der Waals surface area contributed by atoms with Gasteiger partial charge in [0.15, 0.2) is 5.82 Å². The first kappa shape index (κ1) is 17.9. The third-order valence-electron chi connectivity index (χ3n) is 3.53. The van der Waals surface area contributed by atoms with Crippen LogP contribution < -0.4 is 10.3 Å². The van der Waals surface area contributed by atoms with Crippen LogP contribution in [-0.4, -0.2) is 22.5 Å². The standard InChI is InChI=1S/C17H14ClFN2O5/c1-3-24-17(23)13-8(2)26-16-14(13)15(22)20-12(21-16)7-25-9-4-5-11(19)10(18)6-9/h4-6H,3,7H2,1-2H3,(H,20,21,22). The van der Waals surface area contributed by atoms with Crippen molar-refractivity contribution in [1.29, 1.82) is 0 Å². The molecule has 2 aromatic heterocycles. The van der Waals surface area contributed by atoms with Gasteiger partial charge in [-0.3, -0.25) is 4.79 Å². The maximum absolute atomic E-state index is 13.2. The average molecular weight is 381 g/mol. The summed E-state index contributed by atoms with van der Waals surface area (Å²) in [7, 11) is 0. The van der Waals surface area contributed by atoms with Crippen LogP contribution in [0.25, 0.3) is 11.1 Å². The average Bonchev–Trinajstić information content (AvgIpc) is 2.92. The highest BCUT2D eigenvalue weighted by Crippen LogP contribution is 2.23. The molecule has 0 spiro atoms. The molecule has 0 saturated carbocycles. The number of hydrogen-bond donors (Lipinski definition) is 1. The number of H-pyrrole nitrogens is 1. The predicted octanol–water partition coefficient (Wildman–Crippen LogP) is 3.37. The van der Waals surface area contributed by atoms with Crippen LogP contribution >= 0.6 is 11.6 Å². The number of esters is 1. The maximum atomic E-state index is 13.2. The van der Waals surface area contributed by atoms with Gasteiger partial charge in [-0.15, -0.1) is 0 Å². The summed E-state index contributed by atoms with van der Waals surface area (Å²) in [5.41, 5.74) is -0.496. The van der Waals surface area contributed by atoms with Gasteiger partial charge in [0.2, 0.25) is 5.71 Å². The van der Waals surface area contributed by atoms with Crippen LogP contribution in [0.1, 0.15) is 28.9 Å². The molecule has 26 heavy (non-hydrogen) atoms. The topological polar surface area (TPSA) is 94.4 Å². The highest BCUT2D eigenvalue weighted by atomic mass is 35.5. The third kappa shape index (κ3) is 3.41. The minimum Gasteiger partial charge on any atom is -0.486 e. The molecule has 1 N–H and O–H groups in total. The van der Waals surface area contributed by atoms with E-state index in [1.54, 1.807) is 13.8 Å². The summed E-state index contributed by atoms with van der Waals surface area (Å²) < 4.78 is 28.9. The van der Waals surface area contributed by atoms with Crippen LogP contribution in [0, 0.1) is 12.7 Å². The molecule has 1 aromatic carbocycles. The fourth-order valence-corrected chi connectivity index (χ4v) is 2.57. The zero-order valence-electron chi connectivity index (χ0n) is 13.9. The molecule has 0 fully saturated rings. The number of carbonyl (C=O) groups excluding carboxylic acids is 1. The van der Waals surface area contributed by atoms with Crippen molar-refractivity contribution in [3.8, 4) is 5.75 Å². The Kier molecular flexibility index (Phi) is 4.94. The lowest BCUT2D eigenvalue weighted by Crippen LogP contribution is -2.16. The van der Waals surface area contributed by atoms with Gasteiger partial charge in [0.1, 0.15) is 34.9 Å². The highest BCUT2D eigenvalue weighted by Gasteiger charge is 2.23. The van der Waals surface area contributed by atoms with Crippen LogP contribution in [0.2, 0.25) is 5.02 Å². The van der Waals surface area contributed by atoms with E-state index >= 15 is 0 Å². The van der Waals surface area contributed by atoms with Gasteiger partial charge in [0.25, 0.3) is 5.56 Å². The van der Waals surface area contributed by atoms with Crippen molar-refractivity contribution in [2.75, 3.05) is 6.61 Å². The first-order chi connectivity index (χ1) is 12.4. The largest absolute Gasteiger partial charge is 0.486 e. The van der Waals surface area contributed by atoms with Crippen molar-refractivity contribution in [3.05, 3.63) is 56.5 Å². The lowest BCUT2D eigenvalue weighted by atomic mass is 10.2. The number of nitrogens with zero attached hydrogens (tertiary/aromatic N) is 1. The Morgan fingerprint density at radius 2 is 2.19 bits per heavy atom. The van der Waals surface area contributed by atoms with Gasteiger partial charge in [-0.1, -0.05) is 11.6 Å². The molecule has 3 rings (SSSR count). The molecule has 0 aliphatic heterocycles. The zero-order chi connectivity index (χ0) is 18.8. The smallest absolute Gasteiger partial charge is 0.342 e. The fourth-order valence-electron chi connectivity index (χ4n) is 2.40. The van der Waals surface area contributed by atoms with Crippen molar-refractivity contribution >= 4 is 28.7 Å². The zero-order valence-corrected chi connectivity index (χ0v) is 14.6. The normalized spacial score (nSPS) is 10.9. The van der Waals surface area contributed by atoms with Crippen molar-refractivity contribution in [2.45, 2.75) is 20.5 Å². The SMILES string of the molecule is CCOC(=O)c1c(C)oc2nc(COc3ccc(F)c(Cl)c3)[nH]c(=O)c12. The maximum Gasteiger partial charge on any atom is 0.342 e. The number of benzene rings is 1. The minimum absolute atomic E-state index is 0.00467. The second-order valence-electron chi connectivity index (χ2n) is 5.31. The number of aromatic nitrogens is 2. The summed E-state index contributed by atoms with van der Waals surface area (Å²) in [5, 5.41) is -0.0605. The number of aromatic amines is 1. The van der Waals surface area contributed by atoms with Gasteiger partial charge in [-0.25, -0.2) is 9.18 Å². The lowest BCUT2D eigenvalue weighted by molar-refractivity contribution is 0.0526. The van der Waals surface area contributed by atoms with Gasteiger partial charge in [-0.05, 0) is 26.0 Å². The number of furan rings is 1. The molecule has 0 aliphatic rings. The molecule has 0 saturated heterocycles. The second-order valence-corrected chi connectivity index (χ2v) is 5.72. The van der Waals surface area contributed by atoms with Gasteiger partial charge in [0.05, 0.1) is 11.6 Å². The van der Waals surface area contributed by atoms with E-state index in [2.05, 4.69) is 9.97 Å². The number of aryl methyl sites for hydroxylation is 1. The van der Waals surface area contributed by atoms with Crippen LogP contribution in [0.3, 0.4) is 0 Å². The molecule has 0 aliphatic carbocycles. The van der Waals surface area contributed by atoms with Gasteiger partial charge in [0, 0.05) is 6.07 Å². The number of hydrogen-bond acceptors (Lipinski definition) is 6. The number of nitrogens with one attached hydrogen (secondary N) is 1. The number of carbonyl (C=O) groups is 1. The van der Waals surface area contributed by atoms with E-state index in [0.717, 1.165) is 0 Å². The number of ether oxygens (including phenoxy) is 2. The van der Waals surface area contributed by atoms with E-state index in [1.807, 2.05) is 0 Å². The van der Waals surface area contributed by atoms with Gasteiger partial charge < -0.3 is 18.9 Å². The Hall–Kier alpha value is -2.87. The Bertz CT molecular complexity index is 1040. The van der Waals surface area contributed by atoms with E-state index in [1.165, 1.54) is 18.2 Å². The van der Waals surface area contributed by atoms with Crippen molar-refractivity contribution in [1.82, 2.24) is 9.97 Å². The van der Waals surface area contributed by atoms with Gasteiger partial charge in [-0.2, -0.15) is 4.98 Å². The molecule has 7 nitrogen and oxygen atoms in total. The molecule has 3 aromatic rings. The van der Waals surface area contributed by atoms with Crippen LogP contribution in [0.5, 0.6) is 5.75 Å². The molecular formula is C17H14ClFN2O5. The highest BCUT2D eigenvalue weighted by molar-refractivity contribution is 6.30. The predicted molar refractivity (Wildman–Crippen MR) is 91.1 cm³/mol. The van der Waals surface area contributed by atoms with Crippen molar-refractivity contribution < 1.29 is 23.1 Å². The number of halogens is 2. The Labute approximate surface area is 151 Å². The molecule has 0 unspecified atom stereocenters. The molecule has 2 heterocycles. The Morgan fingerprint density at radius 1 is 1.42 bits per heavy atom. The molecule has 136 valence electrons. The monoisotopic (exact) mass is 380 g/mol. The first-order valence-corrected chi connectivity index (χ1v) is 8.05. The molecule has 0 atom stereocenters. The van der Waals surface area contributed by atoms with Crippen LogP contribution in [0.4, 0.5) is 4.39 Å². The summed E-state index contributed by atoms with van der Waals surface area (Å²) in [6.07, 6.45) is 0. The Morgan fingerprint density at radius 3 is 2.88 bits per heavy atom. The van der Waals surface area contributed by atoms with Gasteiger partial charge >= 0.3 is 5.97 Å². The minimum atomic E-state index is -0.652. The van der Waals surface area contributed by atoms with E-state index in [0.29, 0.717) is 5.75 Å². The van der Waals surface area contributed by atoms with Crippen molar-refractivity contribution in [2.24, 2.45) is 0 Å². The van der Waals surface area contributed by atoms with E-state index < -0.39 is 17.3 Å². The summed E-state index contributed by atoms with van der Waals surface area (Å²) in [5.74, 6) is -0.501. The molecule has 0 amide bonds. The molecule has 0 bridgehead atoms. The van der Waals surface area contributed by atoms with E-state index in [-0.39, 0.29) is 46.5 Å². The van der Waals surface area contributed by atoms with Crippen LogP contribution in [-0.2, 0) is 11.3 Å². The third-order valence-corrected chi connectivity index (χ3v) is 3.82. The molecule has 9 heteroatoms. The Balaban J connectivity index is 1.90. The lowest BCUT2D eigenvalue weighted by Gasteiger charge is -2.06. The summed E-state index contributed by atoms with van der Waals surface area (Å²) in [6.45, 7) is 3.27. The summed E-state index contributed by atoms with van der Waals surface area (Å²) >= 11 is 5.69. The summed E-state index contributed by atoms with van der Waals surface area (Å²) in [6, 6.07) is 3.87. The van der Waals surface area contributed by atoms with E-state index in [4.69, 9.17) is 25.5 Å². The quantitative estimate of drug-likeness (QED) is 0.682. The number of rotatable bonds is 5. The van der Waals surface area contributed by atoms with Crippen molar-refractivity contribution in [3.63, 3.8) is 0 Å². The fraction of sp³-hybridized carbons (Fsp3) is 0.235. The van der Waals surface area contributed by atoms with E-state index in [9.17, 15) is 14.0 Å². The van der Waals surface area contributed by atoms with Crippen LogP contribution in [0.15, 0.2) is 27.4 Å². The summed E-state index contributed by atoms with van der Waals surface area (Å²) in [4.78, 5) is 31.1. The molecule has 0 radical (unpaired) electrons. The first-order valence-electron chi connectivity index (χ1n) is 7.68. The number of fused-ring (bicyclic) bond motifs is 1. The molecular weight excluding hydrogens is 367 g/mol.